The van der Waals surface area contributed by atoms with E-state index >= 15 is 0 Å². The fourth-order valence-electron chi connectivity index (χ4n) is 3.83. The van der Waals surface area contributed by atoms with E-state index in [2.05, 4.69) is 24.9 Å². The van der Waals surface area contributed by atoms with Crippen LogP contribution in [0.3, 0.4) is 0 Å². The minimum Gasteiger partial charge on any atom is -0.465 e. The Balaban J connectivity index is 1.74. The lowest BCUT2D eigenvalue weighted by molar-refractivity contribution is -0.150. The number of Topliss-reactive ketones (excluding diaryl/α,β-unsaturated/α-hetero) is 1. The number of benzene rings is 1. The fraction of sp³-hybridized carbons (Fsp3) is 0.556. The van der Waals surface area contributed by atoms with Gasteiger partial charge in [0.2, 0.25) is 0 Å². The third-order valence-corrected chi connectivity index (χ3v) is 5.46. The predicted octanol–water partition coefficient (Wildman–Crippen LogP) is 2.46. The van der Waals surface area contributed by atoms with Gasteiger partial charge in [-0.1, -0.05) is 37.1 Å². The van der Waals surface area contributed by atoms with Crippen molar-refractivity contribution in [2.75, 3.05) is 13.2 Å². The van der Waals surface area contributed by atoms with Crippen molar-refractivity contribution in [3.8, 4) is 0 Å². The van der Waals surface area contributed by atoms with Crippen molar-refractivity contribution in [2.24, 2.45) is 11.8 Å². The van der Waals surface area contributed by atoms with Crippen LogP contribution in [0.5, 0.6) is 0 Å². The summed E-state index contributed by atoms with van der Waals surface area (Å²) >= 11 is 4.36. The van der Waals surface area contributed by atoms with E-state index < -0.39 is 6.04 Å². The Kier molecular flexibility index (Phi) is 5.07. The number of carbonyl (C=O) groups excluding carboxylic acids is 2. The Hall–Kier alpha value is -1.33. The quantitative estimate of drug-likeness (QED) is 0.679. The molecule has 0 aromatic heterocycles. The summed E-state index contributed by atoms with van der Waals surface area (Å²) in [6, 6.07) is 7.79. The Morgan fingerprint density at radius 3 is 2.74 bits per heavy atom. The second-order valence-electron chi connectivity index (χ2n) is 6.37. The maximum absolute atomic E-state index is 13.0. The molecule has 3 atom stereocenters. The third kappa shape index (κ3) is 3.31. The lowest BCUT2D eigenvalue weighted by Crippen LogP contribution is -2.41. The SMILES string of the molecule is CCOC(=O)[C@@H]1C(C(=O)C2CCc3ccccc3C2)CCN1S. The van der Waals surface area contributed by atoms with E-state index in [-0.39, 0.29) is 23.6 Å². The number of fused-ring (bicyclic) bond motifs is 1. The Morgan fingerprint density at radius 1 is 1.26 bits per heavy atom. The number of hydrogen-bond donors (Lipinski definition) is 1. The molecular formula is C18H23NO3S. The fourth-order valence-corrected chi connectivity index (χ4v) is 4.20. The first-order valence-corrected chi connectivity index (χ1v) is 8.74. The number of esters is 1. The van der Waals surface area contributed by atoms with Crippen LogP contribution in [0.25, 0.3) is 0 Å². The van der Waals surface area contributed by atoms with E-state index in [0.29, 0.717) is 19.6 Å². The second kappa shape index (κ2) is 7.05. The molecule has 0 bridgehead atoms. The zero-order valence-electron chi connectivity index (χ0n) is 13.4. The molecule has 0 radical (unpaired) electrons. The topological polar surface area (TPSA) is 46.6 Å². The van der Waals surface area contributed by atoms with Gasteiger partial charge in [-0.3, -0.25) is 9.59 Å². The summed E-state index contributed by atoms with van der Waals surface area (Å²) in [6.07, 6.45) is 3.28. The number of ether oxygens (including phenoxy) is 1. The molecule has 0 amide bonds. The van der Waals surface area contributed by atoms with Crippen molar-refractivity contribution >= 4 is 24.6 Å². The van der Waals surface area contributed by atoms with Crippen molar-refractivity contribution < 1.29 is 14.3 Å². The molecule has 2 unspecified atom stereocenters. The molecular weight excluding hydrogens is 310 g/mol. The largest absolute Gasteiger partial charge is 0.465 e. The highest BCUT2D eigenvalue weighted by Gasteiger charge is 2.45. The van der Waals surface area contributed by atoms with Crippen LogP contribution in [0, 0.1) is 11.8 Å². The van der Waals surface area contributed by atoms with Gasteiger partial charge in [0.05, 0.1) is 6.61 Å². The van der Waals surface area contributed by atoms with Crippen molar-refractivity contribution in [2.45, 2.75) is 38.6 Å². The van der Waals surface area contributed by atoms with Crippen molar-refractivity contribution in [1.29, 1.82) is 0 Å². The first kappa shape index (κ1) is 16.5. The molecule has 0 N–H and O–H groups in total. The summed E-state index contributed by atoms with van der Waals surface area (Å²) in [4.78, 5) is 25.2. The molecule has 1 aromatic carbocycles. The van der Waals surface area contributed by atoms with Gasteiger partial charge < -0.3 is 4.74 Å². The van der Waals surface area contributed by atoms with E-state index in [1.54, 1.807) is 11.2 Å². The average Bonchev–Trinajstić information content (AvgIpc) is 2.95. The summed E-state index contributed by atoms with van der Waals surface area (Å²) in [7, 11) is 0. The van der Waals surface area contributed by atoms with Crippen LogP contribution in [-0.4, -0.2) is 35.3 Å². The number of rotatable bonds is 4. The molecule has 0 saturated carbocycles. The van der Waals surface area contributed by atoms with Crippen molar-refractivity contribution in [1.82, 2.24) is 4.31 Å². The Bertz CT molecular complexity index is 604. The van der Waals surface area contributed by atoms with Gasteiger partial charge in [0.1, 0.15) is 11.8 Å². The van der Waals surface area contributed by atoms with E-state index in [1.165, 1.54) is 11.1 Å². The molecule has 1 aromatic rings. The van der Waals surface area contributed by atoms with Gasteiger partial charge in [-0.15, -0.1) is 0 Å². The van der Waals surface area contributed by atoms with Crippen LogP contribution in [0.15, 0.2) is 24.3 Å². The molecule has 1 fully saturated rings. The minimum atomic E-state index is -0.539. The number of aryl methyl sites for hydroxylation is 1. The number of nitrogens with zero attached hydrogens (tertiary/aromatic N) is 1. The monoisotopic (exact) mass is 333 g/mol. The van der Waals surface area contributed by atoms with Crippen LogP contribution in [0.4, 0.5) is 0 Å². The maximum Gasteiger partial charge on any atom is 0.325 e. The standard InChI is InChI=1S/C18H23NO3S/c1-2-22-18(21)16-15(9-10-19(16)23)17(20)14-8-7-12-5-3-4-6-13(12)11-14/h3-6,14-16,23H,2,7-11H2,1H3/t14?,15?,16-/m0/s1. The van der Waals surface area contributed by atoms with Gasteiger partial charge in [0, 0.05) is 18.4 Å². The highest BCUT2D eigenvalue weighted by molar-refractivity contribution is 7.77. The molecule has 1 heterocycles. The third-order valence-electron chi connectivity index (χ3n) is 5.01. The molecule has 124 valence electrons. The van der Waals surface area contributed by atoms with Crippen molar-refractivity contribution in [3.05, 3.63) is 35.4 Å². The number of carbonyl (C=O) groups is 2. The normalized spacial score (nSPS) is 27.5. The summed E-state index contributed by atoms with van der Waals surface area (Å²) in [5.74, 6) is -0.405. The van der Waals surface area contributed by atoms with Gasteiger partial charge in [-0.2, -0.15) is 0 Å². The lowest BCUT2D eigenvalue weighted by Gasteiger charge is -2.28. The van der Waals surface area contributed by atoms with Gasteiger partial charge in [0.25, 0.3) is 0 Å². The maximum atomic E-state index is 13.0. The lowest BCUT2D eigenvalue weighted by atomic mass is 9.77. The number of ketones is 1. The smallest absolute Gasteiger partial charge is 0.325 e. The van der Waals surface area contributed by atoms with E-state index in [1.807, 2.05) is 12.1 Å². The molecule has 4 nitrogen and oxygen atoms in total. The Labute approximate surface area is 142 Å². The van der Waals surface area contributed by atoms with E-state index in [9.17, 15) is 9.59 Å². The zero-order chi connectivity index (χ0) is 16.4. The van der Waals surface area contributed by atoms with Crippen LogP contribution in [0.2, 0.25) is 0 Å². The molecule has 1 aliphatic carbocycles. The van der Waals surface area contributed by atoms with Crippen LogP contribution >= 0.6 is 12.8 Å². The second-order valence-corrected chi connectivity index (χ2v) is 6.88. The van der Waals surface area contributed by atoms with Crippen LogP contribution in [-0.2, 0) is 27.2 Å². The number of hydrogen-bond acceptors (Lipinski definition) is 5. The number of thiol groups is 1. The molecule has 2 aliphatic rings. The zero-order valence-corrected chi connectivity index (χ0v) is 14.3. The first-order chi connectivity index (χ1) is 11.1. The van der Waals surface area contributed by atoms with E-state index in [4.69, 9.17) is 4.74 Å². The summed E-state index contributed by atoms with van der Waals surface area (Å²) in [5, 5.41) is 0. The highest BCUT2D eigenvalue weighted by atomic mass is 32.1. The molecule has 1 aliphatic heterocycles. The predicted molar refractivity (Wildman–Crippen MR) is 91.2 cm³/mol. The van der Waals surface area contributed by atoms with Gasteiger partial charge in [-0.05, 0) is 43.7 Å². The van der Waals surface area contributed by atoms with Gasteiger partial charge in [-0.25, -0.2) is 4.31 Å². The molecule has 3 rings (SSSR count). The minimum absolute atomic E-state index is 0.00617. The molecule has 1 saturated heterocycles. The summed E-state index contributed by atoms with van der Waals surface area (Å²) in [5.41, 5.74) is 2.62. The molecule has 23 heavy (non-hydrogen) atoms. The highest BCUT2D eigenvalue weighted by Crippen LogP contribution is 2.34. The van der Waals surface area contributed by atoms with E-state index in [0.717, 1.165) is 19.3 Å². The Morgan fingerprint density at radius 2 is 2.00 bits per heavy atom. The van der Waals surface area contributed by atoms with Gasteiger partial charge >= 0.3 is 5.97 Å². The van der Waals surface area contributed by atoms with Crippen LogP contribution in [0.1, 0.15) is 30.9 Å². The summed E-state index contributed by atoms with van der Waals surface area (Å²) < 4.78 is 6.80. The van der Waals surface area contributed by atoms with Crippen molar-refractivity contribution in [3.63, 3.8) is 0 Å². The molecule has 5 heteroatoms. The summed E-state index contributed by atoms with van der Waals surface area (Å²) in [6.45, 7) is 2.76. The molecule has 0 spiro atoms. The van der Waals surface area contributed by atoms with Gasteiger partial charge in [0.15, 0.2) is 0 Å². The first-order valence-electron chi connectivity index (χ1n) is 8.34. The van der Waals surface area contributed by atoms with Crippen LogP contribution < -0.4 is 0 Å². The average molecular weight is 333 g/mol.